The van der Waals surface area contributed by atoms with E-state index in [1.165, 1.54) is 43.4 Å². The highest BCUT2D eigenvalue weighted by molar-refractivity contribution is 5.44. The standard InChI is InChI=1S/C13H19N3/c1-13(7-8-13)12-15-10-6-4-2-3-5-9(10)11(14)16-12/h2-8H2,1H3,(H2,14,15,16). The quantitative estimate of drug-likeness (QED) is 0.735. The Hall–Kier alpha value is -1.12. The van der Waals surface area contributed by atoms with E-state index in [4.69, 9.17) is 10.7 Å². The summed E-state index contributed by atoms with van der Waals surface area (Å²) in [6.07, 6.45) is 8.36. The molecule has 0 unspecified atom stereocenters. The number of anilines is 1. The third-order valence-electron chi connectivity index (χ3n) is 4.00. The Morgan fingerprint density at radius 1 is 1.06 bits per heavy atom. The lowest BCUT2D eigenvalue weighted by molar-refractivity contribution is 0.687. The van der Waals surface area contributed by atoms with E-state index in [-0.39, 0.29) is 5.41 Å². The van der Waals surface area contributed by atoms with Crippen LogP contribution in [0.1, 0.15) is 56.1 Å². The predicted molar refractivity (Wildman–Crippen MR) is 64.3 cm³/mol. The number of hydrogen-bond donors (Lipinski definition) is 1. The van der Waals surface area contributed by atoms with Gasteiger partial charge in [0.1, 0.15) is 11.6 Å². The van der Waals surface area contributed by atoms with E-state index in [0.717, 1.165) is 24.5 Å². The molecule has 1 saturated carbocycles. The molecule has 0 radical (unpaired) electrons. The number of hydrogen-bond acceptors (Lipinski definition) is 3. The van der Waals surface area contributed by atoms with E-state index in [1.54, 1.807) is 0 Å². The minimum absolute atomic E-state index is 0.232. The first-order valence-corrected chi connectivity index (χ1v) is 6.35. The molecule has 0 amide bonds. The largest absolute Gasteiger partial charge is 0.383 e. The highest BCUT2D eigenvalue weighted by Crippen LogP contribution is 2.46. The van der Waals surface area contributed by atoms with Gasteiger partial charge >= 0.3 is 0 Å². The van der Waals surface area contributed by atoms with Crippen LogP contribution in [0.4, 0.5) is 5.82 Å². The van der Waals surface area contributed by atoms with Crippen LogP contribution in [0.5, 0.6) is 0 Å². The molecule has 86 valence electrons. The fourth-order valence-corrected chi connectivity index (χ4v) is 2.48. The van der Waals surface area contributed by atoms with Crippen molar-refractivity contribution in [3.05, 3.63) is 17.1 Å². The molecule has 0 aliphatic heterocycles. The van der Waals surface area contributed by atoms with Gasteiger partial charge in [0.15, 0.2) is 0 Å². The van der Waals surface area contributed by atoms with Crippen molar-refractivity contribution in [3.8, 4) is 0 Å². The Morgan fingerprint density at radius 2 is 1.81 bits per heavy atom. The van der Waals surface area contributed by atoms with E-state index >= 15 is 0 Å². The lowest BCUT2D eigenvalue weighted by Gasteiger charge is -2.13. The van der Waals surface area contributed by atoms with Gasteiger partial charge in [0.25, 0.3) is 0 Å². The maximum Gasteiger partial charge on any atom is 0.136 e. The van der Waals surface area contributed by atoms with Crippen LogP contribution in [0.3, 0.4) is 0 Å². The molecule has 1 aromatic rings. The summed E-state index contributed by atoms with van der Waals surface area (Å²) in [5, 5.41) is 0. The molecular formula is C13H19N3. The van der Waals surface area contributed by atoms with Crippen molar-refractivity contribution in [2.24, 2.45) is 0 Å². The average molecular weight is 217 g/mol. The van der Waals surface area contributed by atoms with Crippen molar-refractivity contribution in [1.82, 2.24) is 9.97 Å². The van der Waals surface area contributed by atoms with Gasteiger partial charge in [0, 0.05) is 16.7 Å². The van der Waals surface area contributed by atoms with Crippen molar-refractivity contribution < 1.29 is 0 Å². The third-order valence-corrected chi connectivity index (χ3v) is 4.00. The summed E-state index contributed by atoms with van der Waals surface area (Å²) in [6, 6.07) is 0. The SMILES string of the molecule is CC1(c2nc(N)c3c(n2)CCCCC3)CC1. The van der Waals surface area contributed by atoms with E-state index in [1.807, 2.05) is 0 Å². The number of aromatic nitrogens is 2. The molecule has 0 atom stereocenters. The van der Waals surface area contributed by atoms with Gasteiger partial charge in [-0.3, -0.25) is 0 Å². The van der Waals surface area contributed by atoms with Gasteiger partial charge in [0.05, 0.1) is 0 Å². The van der Waals surface area contributed by atoms with Crippen LogP contribution in [-0.2, 0) is 18.3 Å². The zero-order valence-electron chi connectivity index (χ0n) is 9.92. The minimum atomic E-state index is 0.232. The van der Waals surface area contributed by atoms with Crippen LogP contribution in [0.25, 0.3) is 0 Å². The first-order chi connectivity index (χ1) is 7.69. The molecule has 16 heavy (non-hydrogen) atoms. The molecule has 2 aliphatic rings. The molecule has 1 aromatic heterocycles. The third kappa shape index (κ3) is 1.58. The monoisotopic (exact) mass is 217 g/mol. The second kappa shape index (κ2) is 3.44. The van der Waals surface area contributed by atoms with Crippen molar-refractivity contribution in [2.75, 3.05) is 5.73 Å². The summed E-state index contributed by atoms with van der Waals surface area (Å²) in [5.41, 5.74) is 8.77. The molecule has 0 saturated heterocycles. The zero-order valence-corrected chi connectivity index (χ0v) is 9.92. The lowest BCUT2D eigenvalue weighted by Crippen LogP contribution is -2.14. The summed E-state index contributed by atoms with van der Waals surface area (Å²) < 4.78 is 0. The van der Waals surface area contributed by atoms with Crippen LogP contribution < -0.4 is 5.73 Å². The molecule has 0 spiro atoms. The van der Waals surface area contributed by atoms with E-state index < -0.39 is 0 Å². The Balaban J connectivity index is 2.05. The van der Waals surface area contributed by atoms with Crippen molar-refractivity contribution in [1.29, 1.82) is 0 Å². The molecule has 2 N–H and O–H groups in total. The molecule has 1 fully saturated rings. The van der Waals surface area contributed by atoms with Gasteiger partial charge < -0.3 is 5.73 Å². The second-order valence-electron chi connectivity index (χ2n) is 5.48. The number of aryl methyl sites for hydroxylation is 1. The van der Waals surface area contributed by atoms with Crippen LogP contribution in [0, 0.1) is 0 Å². The fourth-order valence-electron chi connectivity index (χ4n) is 2.48. The van der Waals surface area contributed by atoms with Gasteiger partial charge in [-0.2, -0.15) is 0 Å². The smallest absolute Gasteiger partial charge is 0.136 e. The zero-order chi connectivity index (χ0) is 11.2. The van der Waals surface area contributed by atoms with Gasteiger partial charge in [-0.25, -0.2) is 9.97 Å². The molecule has 2 aliphatic carbocycles. The number of nitrogens with zero attached hydrogens (tertiary/aromatic N) is 2. The van der Waals surface area contributed by atoms with Crippen LogP contribution in [-0.4, -0.2) is 9.97 Å². The van der Waals surface area contributed by atoms with Crippen molar-refractivity contribution in [2.45, 2.75) is 57.3 Å². The normalized spacial score (nSPS) is 22.3. The Labute approximate surface area is 96.5 Å². The second-order valence-corrected chi connectivity index (χ2v) is 5.48. The average Bonchev–Trinajstić information content (AvgIpc) is 3.02. The van der Waals surface area contributed by atoms with Crippen molar-refractivity contribution in [3.63, 3.8) is 0 Å². The number of fused-ring (bicyclic) bond motifs is 1. The maximum atomic E-state index is 6.08. The highest BCUT2D eigenvalue weighted by Gasteiger charge is 2.42. The molecule has 3 nitrogen and oxygen atoms in total. The minimum Gasteiger partial charge on any atom is -0.383 e. The van der Waals surface area contributed by atoms with E-state index in [0.29, 0.717) is 0 Å². The highest BCUT2D eigenvalue weighted by atomic mass is 15.0. The molecule has 0 bridgehead atoms. The van der Waals surface area contributed by atoms with Crippen LogP contribution in [0.15, 0.2) is 0 Å². The molecule has 3 rings (SSSR count). The first kappa shape index (κ1) is 10.1. The van der Waals surface area contributed by atoms with Crippen molar-refractivity contribution >= 4 is 5.82 Å². The number of nitrogen functional groups attached to an aromatic ring is 1. The summed E-state index contributed by atoms with van der Waals surface area (Å²) >= 11 is 0. The Bertz CT molecular complexity index is 421. The van der Waals surface area contributed by atoms with Gasteiger partial charge in [-0.1, -0.05) is 13.3 Å². The maximum absolute atomic E-state index is 6.08. The topological polar surface area (TPSA) is 51.8 Å². The van der Waals surface area contributed by atoms with Gasteiger partial charge in [0.2, 0.25) is 0 Å². The molecule has 0 aromatic carbocycles. The molecular weight excluding hydrogens is 198 g/mol. The Morgan fingerprint density at radius 3 is 2.56 bits per heavy atom. The van der Waals surface area contributed by atoms with E-state index in [2.05, 4.69) is 11.9 Å². The Kier molecular flexibility index (Phi) is 2.16. The van der Waals surface area contributed by atoms with Crippen LogP contribution >= 0.6 is 0 Å². The summed E-state index contributed by atoms with van der Waals surface area (Å²) in [6.45, 7) is 2.24. The summed E-state index contributed by atoms with van der Waals surface area (Å²) in [5.74, 6) is 1.74. The first-order valence-electron chi connectivity index (χ1n) is 6.35. The fraction of sp³-hybridized carbons (Fsp3) is 0.692. The number of rotatable bonds is 1. The molecule has 3 heteroatoms. The summed E-state index contributed by atoms with van der Waals surface area (Å²) in [4.78, 5) is 9.31. The van der Waals surface area contributed by atoms with E-state index in [9.17, 15) is 0 Å². The molecule has 1 heterocycles. The predicted octanol–water partition coefficient (Wildman–Crippen LogP) is 2.38. The lowest BCUT2D eigenvalue weighted by atomic mass is 10.1. The summed E-state index contributed by atoms with van der Waals surface area (Å²) in [7, 11) is 0. The van der Waals surface area contributed by atoms with Gasteiger partial charge in [-0.05, 0) is 38.5 Å². The van der Waals surface area contributed by atoms with Gasteiger partial charge in [-0.15, -0.1) is 0 Å². The van der Waals surface area contributed by atoms with Crippen LogP contribution in [0.2, 0.25) is 0 Å². The number of nitrogens with two attached hydrogens (primary N) is 1.